The molecule has 1 fully saturated rings. The molecule has 0 bridgehead atoms. The molecule has 0 aromatic carbocycles. The van der Waals surface area contributed by atoms with Crippen LogP contribution in [0.5, 0.6) is 0 Å². The number of carbonyl (C=O) groups excluding carboxylic acids is 1. The summed E-state index contributed by atoms with van der Waals surface area (Å²) in [6, 6.07) is 1.77. The summed E-state index contributed by atoms with van der Waals surface area (Å²) in [5.74, 6) is 0.937. The minimum absolute atomic E-state index is 0.119. The monoisotopic (exact) mass is 311 g/mol. The van der Waals surface area contributed by atoms with Crippen LogP contribution in [0.3, 0.4) is 0 Å². The Morgan fingerprint density at radius 3 is 2.86 bits per heavy atom. The molecule has 2 N–H and O–H groups in total. The van der Waals surface area contributed by atoms with Gasteiger partial charge in [-0.1, -0.05) is 11.6 Å². The van der Waals surface area contributed by atoms with E-state index < -0.39 is 0 Å². The first-order valence-electron chi connectivity index (χ1n) is 7.39. The third-order valence-corrected chi connectivity index (χ3v) is 4.07. The van der Waals surface area contributed by atoms with Gasteiger partial charge in [0.2, 0.25) is 0 Å². The van der Waals surface area contributed by atoms with E-state index in [-0.39, 0.29) is 11.9 Å². The lowest BCUT2D eigenvalue weighted by molar-refractivity contribution is 0.0538. The van der Waals surface area contributed by atoms with Gasteiger partial charge in [0.1, 0.15) is 5.82 Å². The van der Waals surface area contributed by atoms with Gasteiger partial charge in [0.05, 0.1) is 10.6 Å². The number of halogens is 1. The Hall–Kier alpha value is -1.33. The second kappa shape index (κ2) is 7.61. The number of ether oxygens (including phenoxy) is 1. The molecule has 116 valence electrons. The van der Waals surface area contributed by atoms with Crippen LogP contribution in [0.25, 0.3) is 0 Å². The maximum Gasteiger partial charge on any atom is 0.253 e. The molecular weight excluding hydrogens is 290 g/mol. The fourth-order valence-electron chi connectivity index (χ4n) is 2.48. The minimum atomic E-state index is -0.133. The third-order valence-electron chi connectivity index (χ3n) is 3.78. The molecule has 21 heavy (non-hydrogen) atoms. The van der Waals surface area contributed by atoms with Gasteiger partial charge in [-0.25, -0.2) is 4.98 Å². The smallest absolute Gasteiger partial charge is 0.253 e. The Morgan fingerprint density at radius 1 is 1.52 bits per heavy atom. The molecule has 2 heterocycles. The van der Waals surface area contributed by atoms with E-state index in [0.29, 0.717) is 22.3 Å². The first kappa shape index (κ1) is 16.0. The largest absolute Gasteiger partial charge is 0.381 e. The van der Waals surface area contributed by atoms with Gasteiger partial charge in [0.15, 0.2) is 0 Å². The van der Waals surface area contributed by atoms with Crippen LogP contribution in [0.15, 0.2) is 12.3 Å². The molecular formula is C15H22ClN3O2. The zero-order chi connectivity index (χ0) is 15.2. The van der Waals surface area contributed by atoms with Gasteiger partial charge in [-0.3, -0.25) is 4.79 Å². The average Bonchev–Trinajstić information content (AvgIpc) is 2.50. The van der Waals surface area contributed by atoms with Crippen molar-refractivity contribution in [2.45, 2.75) is 32.7 Å². The van der Waals surface area contributed by atoms with E-state index in [1.807, 2.05) is 13.8 Å². The summed E-state index contributed by atoms with van der Waals surface area (Å²) < 4.78 is 5.34. The standard InChI is InChI=1S/C15H22ClN3O2/c1-3-17-14-13(16)8-12(9-18-14)15(20)19-10(2)11-4-6-21-7-5-11/h8-11H,3-7H2,1-2H3,(H,17,18)(H,19,20). The molecule has 6 heteroatoms. The topological polar surface area (TPSA) is 63.2 Å². The molecule has 1 aliphatic rings. The van der Waals surface area contributed by atoms with Gasteiger partial charge < -0.3 is 15.4 Å². The van der Waals surface area contributed by atoms with Crippen molar-refractivity contribution in [3.8, 4) is 0 Å². The Labute approximate surface area is 130 Å². The van der Waals surface area contributed by atoms with Gasteiger partial charge in [0.25, 0.3) is 5.91 Å². The van der Waals surface area contributed by atoms with Crippen molar-refractivity contribution in [3.63, 3.8) is 0 Å². The van der Waals surface area contributed by atoms with E-state index in [1.165, 1.54) is 0 Å². The van der Waals surface area contributed by atoms with E-state index in [9.17, 15) is 4.79 Å². The van der Waals surface area contributed by atoms with Crippen LogP contribution in [-0.2, 0) is 4.74 Å². The number of nitrogens with zero attached hydrogens (tertiary/aromatic N) is 1. The van der Waals surface area contributed by atoms with Gasteiger partial charge in [-0.15, -0.1) is 0 Å². The number of nitrogens with one attached hydrogen (secondary N) is 2. The number of amides is 1. The molecule has 2 rings (SSSR count). The molecule has 1 aromatic heterocycles. The molecule has 1 atom stereocenters. The summed E-state index contributed by atoms with van der Waals surface area (Å²) in [6.07, 6.45) is 3.52. The van der Waals surface area contributed by atoms with Gasteiger partial charge in [-0.05, 0) is 38.7 Å². The van der Waals surface area contributed by atoms with Gasteiger partial charge in [-0.2, -0.15) is 0 Å². The predicted molar refractivity (Wildman–Crippen MR) is 83.9 cm³/mol. The Kier molecular flexibility index (Phi) is 5.82. The third kappa shape index (κ3) is 4.32. The zero-order valence-electron chi connectivity index (χ0n) is 12.5. The number of hydrogen-bond acceptors (Lipinski definition) is 4. The summed E-state index contributed by atoms with van der Waals surface area (Å²) in [5, 5.41) is 6.54. The minimum Gasteiger partial charge on any atom is -0.381 e. The highest BCUT2D eigenvalue weighted by atomic mass is 35.5. The lowest BCUT2D eigenvalue weighted by Crippen LogP contribution is -2.40. The Balaban J connectivity index is 1.97. The van der Waals surface area contributed by atoms with Crippen LogP contribution in [-0.4, -0.2) is 36.7 Å². The SMILES string of the molecule is CCNc1ncc(C(=O)NC(C)C2CCOCC2)cc1Cl. The predicted octanol–water partition coefficient (Wildman–Crippen LogP) is 2.71. The maximum atomic E-state index is 12.3. The number of hydrogen-bond donors (Lipinski definition) is 2. The van der Waals surface area contributed by atoms with Crippen molar-refractivity contribution in [1.29, 1.82) is 0 Å². The van der Waals surface area contributed by atoms with Crippen LogP contribution < -0.4 is 10.6 Å². The summed E-state index contributed by atoms with van der Waals surface area (Å²) in [5.41, 5.74) is 0.487. The van der Waals surface area contributed by atoms with Crippen molar-refractivity contribution < 1.29 is 9.53 Å². The molecule has 1 unspecified atom stereocenters. The summed E-state index contributed by atoms with van der Waals surface area (Å²) in [7, 11) is 0. The number of aromatic nitrogens is 1. The molecule has 5 nitrogen and oxygen atoms in total. The highest BCUT2D eigenvalue weighted by molar-refractivity contribution is 6.33. The zero-order valence-corrected chi connectivity index (χ0v) is 13.2. The van der Waals surface area contributed by atoms with E-state index in [1.54, 1.807) is 12.3 Å². The van der Waals surface area contributed by atoms with Crippen LogP contribution in [0, 0.1) is 5.92 Å². The summed E-state index contributed by atoms with van der Waals surface area (Å²) >= 11 is 6.12. The first-order chi connectivity index (χ1) is 10.1. The second-order valence-corrected chi connectivity index (χ2v) is 5.70. The molecule has 0 saturated carbocycles. The number of carbonyl (C=O) groups is 1. The molecule has 1 aromatic rings. The second-order valence-electron chi connectivity index (χ2n) is 5.30. The van der Waals surface area contributed by atoms with E-state index in [2.05, 4.69) is 15.6 Å². The molecule has 1 amide bonds. The first-order valence-corrected chi connectivity index (χ1v) is 7.77. The van der Waals surface area contributed by atoms with Crippen molar-refractivity contribution >= 4 is 23.3 Å². The highest BCUT2D eigenvalue weighted by Crippen LogP contribution is 2.21. The van der Waals surface area contributed by atoms with Crippen molar-refractivity contribution in [2.24, 2.45) is 5.92 Å². The van der Waals surface area contributed by atoms with Crippen molar-refractivity contribution in [2.75, 3.05) is 25.1 Å². The van der Waals surface area contributed by atoms with Crippen LogP contribution in [0.1, 0.15) is 37.0 Å². The van der Waals surface area contributed by atoms with Gasteiger partial charge >= 0.3 is 0 Å². The lowest BCUT2D eigenvalue weighted by atomic mass is 9.93. The molecule has 0 radical (unpaired) electrons. The number of rotatable bonds is 5. The molecule has 1 saturated heterocycles. The Morgan fingerprint density at radius 2 is 2.24 bits per heavy atom. The van der Waals surface area contributed by atoms with Crippen molar-refractivity contribution in [3.05, 3.63) is 22.8 Å². The molecule has 0 aliphatic carbocycles. The molecule has 0 spiro atoms. The van der Waals surface area contributed by atoms with Crippen LogP contribution >= 0.6 is 11.6 Å². The number of pyridine rings is 1. The quantitative estimate of drug-likeness (QED) is 0.877. The van der Waals surface area contributed by atoms with Crippen LogP contribution in [0.4, 0.5) is 5.82 Å². The molecule has 1 aliphatic heterocycles. The lowest BCUT2D eigenvalue weighted by Gasteiger charge is -2.28. The van der Waals surface area contributed by atoms with Crippen molar-refractivity contribution in [1.82, 2.24) is 10.3 Å². The Bertz CT molecular complexity index is 490. The maximum absolute atomic E-state index is 12.3. The van der Waals surface area contributed by atoms with E-state index in [0.717, 1.165) is 32.6 Å². The summed E-state index contributed by atoms with van der Waals surface area (Å²) in [6.45, 7) is 6.29. The highest BCUT2D eigenvalue weighted by Gasteiger charge is 2.22. The van der Waals surface area contributed by atoms with Gasteiger partial charge in [0, 0.05) is 32.0 Å². The average molecular weight is 312 g/mol. The van der Waals surface area contributed by atoms with E-state index >= 15 is 0 Å². The van der Waals surface area contributed by atoms with E-state index in [4.69, 9.17) is 16.3 Å². The summed E-state index contributed by atoms with van der Waals surface area (Å²) in [4.78, 5) is 16.4. The normalized spacial score (nSPS) is 17.3. The fourth-order valence-corrected chi connectivity index (χ4v) is 2.72. The fraction of sp³-hybridized carbons (Fsp3) is 0.600. The van der Waals surface area contributed by atoms with Crippen LogP contribution in [0.2, 0.25) is 5.02 Å². The number of anilines is 1.